The summed E-state index contributed by atoms with van der Waals surface area (Å²) in [5, 5.41) is 7.57. The van der Waals surface area contributed by atoms with Crippen LogP contribution in [0.4, 0.5) is 0 Å². The molecule has 1 amide bonds. The van der Waals surface area contributed by atoms with Crippen LogP contribution in [-0.4, -0.2) is 35.1 Å². The monoisotopic (exact) mass is 366 g/mol. The Balaban J connectivity index is 2.07. The standard InChI is InChI=1S/C21H26N4O2/c1-4-9-22-10-11-23-20(26)17-13-25(5-2)21(27)16-12-15-8-6-7-14(3)18(15)24-19(16)17/h6-8,12-13,22H,4-5,9-11H2,1-3H3,(H,23,26). The maximum absolute atomic E-state index is 12.8. The smallest absolute Gasteiger partial charge is 0.260 e. The molecule has 1 aromatic carbocycles. The summed E-state index contributed by atoms with van der Waals surface area (Å²) in [6, 6.07) is 7.71. The summed E-state index contributed by atoms with van der Waals surface area (Å²) in [6.45, 7) is 8.63. The summed E-state index contributed by atoms with van der Waals surface area (Å²) in [6.07, 6.45) is 2.67. The Kier molecular flexibility index (Phi) is 5.86. The highest BCUT2D eigenvalue weighted by atomic mass is 16.2. The molecule has 3 rings (SSSR count). The van der Waals surface area contributed by atoms with Crippen LogP contribution in [0.2, 0.25) is 0 Å². The van der Waals surface area contributed by atoms with Crippen LogP contribution in [0.5, 0.6) is 0 Å². The highest BCUT2D eigenvalue weighted by Gasteiger charge is 2.17. The Labute approximate surface area is 158 Å². The third-order valence-corrected chi connectivity index (χ3v) is 4.68. The first kappa shape index (κ1) is 19.0. The first-order valence-electron chi connectivity index (χ1n) is 9.49. The second-order valence-corrected chi connectivity index (χ2v) is 6.67. The largest absolute Gasteiger partial charge is 0.351 e. The van der Waals surface area contributed by atoms with Crippen LogP contribution in [0.3, 0.4) is 0 Å². The Hall–Kier alpha value is -2.73. The second-order valence-electron chi connectivity index (χ2n) is 6.67. The van der Waals surface area contributed by atoms with Crippen molar-refractivity contribution < 1.29 is 4.79 Å². The zero-order valence-electron chi connectivity index (χ0n) is 16.1. The molecule has 0 bridgehead atoms. The van der Waals surface area contributed by atoms with Crippen molar-refractivity contribution in [3.8, 4) is 0 Å². The number of para-hydroxylation sites is 1. The van der Waals surface area contributed by atoms with E-state index in [9.17, 15) is 9.59 Å². The average molecular weight is 366 g/mol. The molecule has 2 N–H and O–H groups in total. The van der Waals surface area contributed by atoms with Crippen LogP contribution in [-0.2, 0) is 6.54 Å². The minimum absolute atomic E-state index is 0.121. The van der Waals surface area contributed by atoms with Crippen LogP contribution < -0.4 is 16.2 Å². The molecule has 0 aliphatic heterocycles. The van der Waals surface area contributed by atoms with E-state index in [1.54, 1.807) is 10.8 Å². The van der Waals surface area contributed by atoms with Gasteiger partial charge in [-0.3, -0.25) is 9.59 Å². The van der Waals surface area contributed by atoms with E-state index >= 15 is 0 Å². The summed E-state index contributed by atoms with van der Waals surface area (Å²) >= 11 is 0. The van der Waals surface area contributed by atoms with Gasteiger partial charge in [0.15, 0.2) is 0 Å². The number of pyridine rings is 2. The topological polar surface area (TPSA) is 76.0 Å². The molecule has 0 spiro atoms. The van der Waals surface area contributed by atoms with Gasteiger partial charge in [0, 0.05) is 31.2 Å². The molecule has 0 fully saturated rings. The van der Waals surface area contributed by atoms with E-state index in [2.05, 4.69) is 17.6 Å². The summed E-state index contributed by atoms with van der Waals surface area (Å²) in [4.78, 5) is 30.3. The number of fused-ring (bicyclic) bond motifs is 2. The van der Waals surface area contributed by atoms with Gasteiger partial charge in [0.05, 0.1) is 22.0 Å². The van der Waals surface area contributed by atoms with Crippen molar-refractivity contribution in [1.82, 2.24) is 20.2 Å². The Bertz CT molecular complexity index is 1040. The predicted octanol–water partition coefficient (Wildman–Crippen LogP) is 2.61. The van der Waals surface area contributed by atoms with Gasteiger partial charge in [0.2, 0.25) is 0 Å². The lowest BCUT2D eigenvalue weighted by Gasteiger charge is -2.12. The van der Waals surface area contributed by atoms with Crippen LogP contribution in [0.25, 0.3) is 21.8 Å². The van der Waals surface area contributed by atoms with Crippen molar-refractivity contribution in [3.63, 3.8) is 0 Å². The van der Waals surface area contributed by atoms with E-state index in [1.807, 2.05) is 38.1 Å². The molecule has 27 heavy (non-hydrogen) atoms. The molecule has 6 nitrogen and oxygen atoms in total. The molecule has 0 saturated heterocycles. The summed E-state index contributed by atoms with van der Waals surface area (Å²) in [5.41, 5.74) is 2.61. The van der Waals surface area contributed by atoms with Crippen LogP contribution in [0, 0.1) is 6.92 Å². The van der Waals surface area contributed by atoms with Gasteiger partial charge in [-0.05, 0) is 38.4 Å². The van der Waals surface area contributed by atoms with E-state index in [4.69, 9.17) is 4.98 Å². The molecular weight excluding hydrogens is 340 g/mol. The average Bonchev–Trinajstić information content (AvgIpc) is 2.67. The Morgan fingerprint density at radius 2 is 1.96 bits per heavy atom. The molecule has 142 valence electrons. The quantitative estimate of drug-likeness (QED) is 0.498. The molecule has 2 aromatic heterocycles. The van der Waals surface area contributed by atoms with Gasteiger partial charge in [-0.2, -0.15) is 0 Å². The molecule has 0 atom stereocenters. The predicted molar refractivity (Wildman–Crippen MR) is 109 cm³/mol. The molecule has 3 aromatic rings. The highest BCUT2D eigenvalue weighted by Crippen LogP contribution is 2.22. The van der Waals surface area contributed by atoms with Crippen molar-refractivity contribution in [3.05, 3.63) is 51.9 Å². The SMILES string of the molecule is CCCNCCNC(=O)c1cn(CC)c(=O)c2cc3cccc(C)c3nc12. The number of hydrogen-bond donors (Lipinski definition) is 2. The van der Waals surface area contributed by atoms with Gasteiger partial charge in [0.1, 0.15) is 0 Å². The molecule has 6 heteroatoms. The number of aryl methyl sites for hydroxylation is 2. The number of rotatable bonds is 7. The number of amides is 1. The maximum Gasteiger partial charge on any atom is 0.260 e. The van der Waals surface area contributed by atoms with Crippen LogP contribution in [0.15, 0.2) is 35.3 Å². The van der Waals surface area contributed by atoms with Crippen molar-refractivity contribution >= 4 is 27.7 Å². The molecule has 0 unspecified atom stereocenters. The van der Waals surface area contributed by atoms with Crippen molar-refractivity contribution in [1.29, 1.82) is 0 Å². The zero-order valence-corrected chi connectivity index (χ0v) is 16.1. The molecule has 2 heterocycles. The van der Waals surface area contributed by atoms with Crippen molar-refractivity contribution in [2.75, 3.05) is 19.6 Å². The van der Waals surface area contributed by atoms with Gasteiger partial charge in [-0.25, -0.2) is 4.98 Å². The lowest BCUT2D eigenvalue weighted by Crippen LogP contribution is -2.33. The number of carbonyl (C=O) groups excluding carboxylic acids is 1. The van der Waals surface area contributed by atoms with Crippen molar-refractivity contribution in [2.24, 2.45) is 0 Å². The third kappa shape index (κ3) is 3.85. The minimum atomic E-state index is -0.207. The maximum atomic E-state index is 12.8. The fourth-order valence-corrected chi connectivity index (χ4v) is 3.21. The number of aromatic nitrogens is 2. The molecular formula is C21H26N4O2. The number of nitrogens with one attached hydrogen (secondary N) is 2. The van der Waals surface area contributed by atoms with E-state index in [0.717, 1.165) is 29.4 Å². The van der Waals surface area contributed by atoms with E-state index in [1.165, 1.54) is 0 Å². The lowest BCUT2D eigenvalue weighted by atomic mass is 10.1. The van der Waals surface area contributed by atoms with E-state index in [0.29, 0.717) is 36.1 Å². The first-order valence-corrected chi connectivity index (χ1v) is 9.49. The first-order chi connectivity index (χ1) is 13.1. The van der Waals surface area contributed by atoms with Gasteiger partial charge in [0.25, 0.3) is 11.5 Å². The fraction of sp³-hybridized carbons (Fsp3) is 0.381. The summed E-state index contributed by atoms with van der Waals surface area (Å²) in [7, 11) is 0. The van der Waals surface area contributed by atoms with Crippen LogP contribution in [0.1, 0.15) is 36.2 Å². The molecule has 0 radical (unpaired) electrons. The normalized spacial score (nSPS) is 11.2. The molecule has 0 aliphatic carbocycles. The van der Waals surface area contributed by atoms with Gasteiger partial charge < -0.3 is 15.2 Å². The van der Waals surface area contributed by atoms with Gasteiger partial charge in [-0.15, -0.1) is 0 Å². The zero-order chi connectivity index (χ0) is 19.4. The third-order valence-electron chi connectivity index (χ3n) is 4.68. The summed E-state index contributed by atoms with van der Waals surface area (Å²) < 4.78 is 1.57. The highest BCUT2D eigenvalue weighted by molar-refractivity contribution is 6.07. The Morgan fingerprint density at radius 1 is 1.15 bits per heavy atom. The number of carbonyl (C=O) groups is 1. The summed E-state index contributed by atoms with van der Waals surface area (Å²) in [5.74, 6) is -0.207. The molecule has 0 aliphatic rings. The number of nitrogens with zero attached hydrogens (tertiary/aromatic N) is 2. The number of hydrogen-bond acceptors (Lipinski definition) is 4. The van der Waals surface area contributed by atoms with Gasteiger partial charge >= 0.3 is 0 Å². The van der Waals surface area contributed by atoms with Crippen molar-refractivity contribution in [2.45, 2.75) is 33.7 Å². The molecule has 0 saturated carbocycles. The number of benzene rings is 1. The van der Waals surface area contributed by atoms with Crippen LogP contribution >= 0.6 is 0 Å². The second kappa shape index (κ2) is 8.31. The minimum Gasteiger partial charge on any atom is -0.351 e. The van der Waals surface area contributed by atoms with E-state index < -0.39 is 0 Å². The fourth-order valence-electron chi connectivity index (χ4n) is 3.21. The van der Waals surface area contributed by atoms with Gasteiger partial charge in [-0.1, -0.05) is 25.1 Å². The lowest BCUT2D eigenvalue weighted by molar-refractivity contribution is 0.0954. The van der Waals surface area contributed by atoms with E-state index in [-0.39, 0.29) is 11.5 Å². The Morgan fingerprint density at radius 3 is 2.70 bits per heavy atom.